The normalized spacial score (nSPS) is 18.9. The van der Waals surface area contributed by atoms with Crippen LogP contribution >= 0.6 is 0 Å². The van der Waals surface area contributed by atoms with Gasteiger partial charge in [0.15, 0.2) is 11.5 Å². The minimum absolute atomic E-state index is 0.0736. The Morgan fingerprint density at radius 1 is 0.971 bits per heavy atom. The summed E-state index contributed by atoms with van der Waals surface area (Å²) in [7, 11) is 4.08. The molecule has 1 heterocycles. The molecule has 0 radical (unpaired) electrons. The Morgan fingerprint density at radius 2 is 1.66 bits per heavy atom. The molecule has 2 aliphatic rings. The van der Waals surface area contributed by atoms with E-state index in [1.807, 2.05) is 12.2 Å². The molecular formula is C25H25N3O7. The number of nitrogens with zero attached hydrogens (tertiary/aromatic N) is 1. The van der Waals surface area contributed by atoms with E-state index in [1.54, 1.807) is 18.2 Å². The maximum absolute atomic E-state index is 13.1. The number of fused-ring (bicyclic) bond motifs is 1. The van der Waals surface area contributed by atoms with Crippen molar-refractivity contribution in [2.75, 3.05) is 31.7 Å². The molecule has 2 unspecified atom stereocenters. The van der Waals surface area contributed by atoms with Crippen molar-refractivity contribution in [3.8, 4) is 11.5 Å². The number of carbonyl (C=O) groups is 4. The summed E-state index contributed by atoms with van der Waals surface area (Å²) in [6, 6.07) is 9.15. The van der Waals surface area contributed by atoms with E-state index in [0.717, 1.165) is 0 Å². The Labute approximate surface area is 201 Å². The maximum Gasteiger partial charge on any atom is 0.340 e. The zero-order chi connectivity index (χ0) is 25.1. The minimum atomic E-state index is -0.673. The molecule has 0 bridgehead atoms. The number of hydrogen-bond donors (Lipinski definition) is 2. The lowest BCUT2D eigenvalue weighted by atomic mass is 9.80. The van der Waals surface area contributed by atoms with Gasteiger partial charge in [-0.15, -0.1) is 0 Å². The van der Waals surface area contributed by atoms with E-state index in [-0.39, 0.29) is 28.6 Å². The molecule has 1 saturated heterocycles. The fourth-order valence-electron chi connectivity index (χ4n) is 4.22. The molecule has 2 aromatic carbocycles. The number of rotatable bonds is 6. The van der Waals surface area contributed by atoms with E-state index in [4.69, 9.17) is 14.2 Å². The highest BCUT2D eigenvalue weighted by Gasteiger charge is 2.42. The highest BCUT2D eigenvalue weighted by molar-refractivity contribution is 6.10. The average Bonchev–Trinajstić information content (AvgIpc) is 2.90. The first-order valence-electron chi connectivity index (χ1n) is 10.9. The monoisotopic (exact) mass is 479 g/mol. The van der Waals surface area contributed by atoms with Gasteiger partial charge < -0.3 is 19.5 Å². The third kappa shape index (κ3) is 4.54. The zero-order valence-electron chi connectivity index (χ0n) is 19.5. The number of benzene rings is 2. The molecule has 4 rings (SSSR count). The van der Waals surface area contributed by atoms with Crippen molar-refractivity contribution in [3.63, 3.8) is 0 Å². The molecule has 1 aliphatic carbocycles. The number of allylic oxidation sites excluding steroid dienone is 2. The van der Waals surface area contributed by atoms with Gasteiger partial charge in [-0.25, -0.2) is 9.80 Å². The average molecular weight is 479 g/mol. The highest BCUT2D eigenvalue weighted by atomic mass is 16.5. The van der Waals surface area contributed by atoms with Crippen molar-refractivity contribution in [3.05, 3.63) is 59.7 Å². The van der Waals surface area contributed by atoms with Gasteiger partial charge in [-0.1, -0.05) is 18.2 Å². The predicted molar refractivity (Wildman–Crippen MR) is 126 cm³/mol. The van der Waals surface area contributed by atoms with Crippen LogP contribution in [-0.4, -0.2) is 45.0 Å². The number of hydrogen-bond acceptors (Lipinski definition) is 7. The number of ether oxygens (including phenoxy) is 3. The van der Waals surface area contributed by atoms with E-state index in [9.17, 15) is 19.2 Å². The van der Waals surface area contributed by atoms with Gasteiger partial charge in [-0.3, -0.25) is 19.8 Å². The SMILES string of the molecule is COC(=O)c1cc(OC)c(OC)cc1NC(=O)c1cccc(N2NC(=O)C3CC=CCC3C2=O)c1. The summed E-state index contributed by atoms with van der Waals surface area (Å²) in [5, 5.41) is 3.88. The maximum atomic E-state index is 13.1. The first-order chi connectivity index (χ1) is 16.9. The van der Waals surface area contributed by atoms with E-state index in [1.165, 1.54) is 44.5 Å². The largest absolute Gasteiger partial charge is 0.493 e. The lowest BCUT2D eigenvalue weighted by molar-refractivity contribution is -0.139. The standard InChI is InChI=1S/C25H25N3O7/c1-33-20-12-18(25(32)35-3)19(13-21(20)34-2)26-22(29)14-7-6-8-15(11-14)28-24(31)17-10-5-4-9-16(17)23(30)27-28/h4-8,11-13,16-17H,9-10H2,1-3H3,(H,26,29)(H,27,30). The van der Waals surface area contributed by atoms with Crippen LogP contribution in [-0.2, 0) is 14.3 Å². The van der Waals surface area contributed by atoms with Crippen LogP contribution in [0.15, 0.2) is 48.6 Å². The summed E-state index contributed by atoms with van der Waals surface area (Å²) >= 11 is 0. The van der Waals surface area contributed by atoms with Gasteiger partial charge in [-0.2, -0.15) is 0 Å². The molecule has 3 amide bonds. The van der Waals surface area contributed by atoms with Crippen LogP contribution in [0.25, 0.3) is 0 Å². The summed E-state index contributed by atoms with van der Waals surface area (Å²) in [6.45, 7) is 0. The molecule has 2 aromatic rings. The van der Waals surface area contributed by atoms with E-state index >= 15 is 0 Å². The van der Waals surface area contributed by atoms with Gasteiger partial charge >= 0.3 is 5.97 Å². The van der Waals surface area contributed by atoms with Gasteiger partial charge in [-0.05, 0) is 31.0 Å². The molecule has 0 spiro atoms. The Balaban J connectivity index is 1.62. The van der Waals surface area contributed by atoms with Crippen molar-refractivity contribution < 1.29 is 33.4 Å². The van der Waals surface area contributed by atoms with E-state index < -0.39 is 23.7 Å². The number of amides is 3. The van der Waals surface area contributed by atoms with Crippen molar-refractivity contribution in [2.24, 2.45) is 11.8 Å². The summed E-state index contributed by atoms with van der Waals surface area (Å²) in [4.78, 5) is 51.0. The van der Waals surface area contributed by atoms with Crippen LogP contribution in [0.2, 0.25) is 0 Å². The second kappa shape index (κ2) is 9.88. The third-order valence-electron chi connectivity index (χ3n) is 6.07. The molecule has 1 fully saturated rings. The molecule has 10 nitrogen and oxygen atoms in total. The minimum Gasteiger partial charge on any atom is -0.493 e. The molecule has 2 N–H and O–H groups in total. The Morgan fingerprint density at radius 3 is 2.34 bits per heavy atom. The van der Waals surface area contributed by atoms with Crippen LogP contribution in [0.3, 0.4) is 0 Å². The number of anilines is 2. The Hall–Kier alpha value is -4.34. The van der Waals surface area contributed by atoms with Crippen molar-refractivity contribution in [2.45, 2.75) is 12.8 Å². The molecule has 0 aromatic heterocycles. The number of hydrazine groups is 1. The quantitative estimate of drug-likeness (QED) is 0.482. The lowest BCUT2D eigenvalue weighted by Gasteiger charge is -2.38. The Kier molecular flexibility index (Phi) is 6.72. The van der Waals surface area contributed by atoms with Crippen molar-refractivity contribution >= 4 is 35.1 Å². The summed E-state index contributed by atoms with van der Waals surface area (Å²) in [5.74, 6) is -1.92. The highest BCUT2D eigenvalue weighted by Crippen LogP contribution is 2.35. The Bertz CT molecular complexity index is 1220. The first-order valence-corrected chi connectivity index (χ1v) is 10.9. The molecule has 35 heavy (non-hydrogen) atoms. The van der Waals surface area contributed by atoms with Crippen LogP contribution in [0.5, 0.6) is 11.5 Å². The van der Waals surface area contributed by atoms with Gasteiger partial charge in [0.2, 0.25) is 11.8 Å². The number of nitrogens with one attached hydrogen (secondary N) is 2. The zero-order valence-corrected chi connectivity index (χ0v) is 19.5. The van der Waals surface area contributed by atoms with Crippen molar-refractivity contribution in [1.82, 2.24) is 5.43 Å². The molecular weight excluding hydrogens is 454 g/mol. The molecule has 182 valence electrons. The second-order valence-electron chi connectivity index (χ2n) is 8.05. The van der Waals surface area contributed by atoms with Crippen LogP contribution in [0.1, 0.15) is 33.6 Å². The lowest BCUT2D eigenvalue weighted by Crippen LogP contribution is -2.59. The number of esters is 1. The topological polar surface area (TPSA) is 123 Å². The number of methoxy groups -OCH3 is 3. The molecule has 1 aliphatic heterocycles. The van der Waals surface area contributed by atoms with Gasteiger partial charge in [0, 0.05) is 17.7 Å². The smallest absolute Gasteiger partial charge is 0.340 e. The van der Waals surface area contributed by atoms with E-state index in [0.29, 0.717) is 30.0 Å². The van der Waals surface area contributed by atoms with Crippen molar-refractivity contribution in [1.29, 1.82) is 0 Å². The third-order valence-corrected chi connectivity index (χ3v) is 6.07. The van der Waals surface area contributed by atoms with Crippen LogP contribution in [0, 0.1) is 11.8 Å². The fraction of sp³-hybridized carbons (Fsp3) is 0.280. The molecule has 10 heteroatoms. The van der Waals surface area contributed by atoms with Gasteiger partial charge in [0.05, 0.1) is 50.1 Å². The molecule has 0 saturated carbocycles. The van der Waals surface area contributed by atoms with Crippen LogP contribution < -0.4 is 25.2 Å². The van der Waals surface area contributed by atoms with Gasteiger partial charge in [0.1, 0.15) is 0 Å². The summed E-state index contributed by atoms with van der Waals surface area (Å²) < 4.78 is 15.3. The predicted octanol–water partition coefficient (Wildman–Crippen LogP) is 2.70. The van der Waals surface area contributed by atoms with Gasteiger partial charge in [0.25, 0.3) is 5.91 Å². The second-order valence-corrected chi connectivity index (χ2v) is 8.05. The summed E-state index contributed by atoms with van der Waals surface area (Å²) in [6.07, 6.45) is 4.82. The first kappa shape index (κ1) is 23.8. The summed E-state index contributed by atoms with van der Waals surface area (Å²) in [5.41, 5.74) is 3.44. The van der Waals surface area contributed by atoms with E-state index in [2.05, 4.69) is 10.7 Å². The fourth-order valence-corrected chi connectivity index (χ4v) is 4.22. The van der Waals surface area contributed by atoms with Crippen LogP contribution in [0.4, 0.5) is 11.4 Å². The number of carbonyl (C=O) groups excluding carboxylic acids is 4. The molecule has 2 atom stereocenters.